The van der Waals surface area contributed by atoms with Gasteiger partial charge in [-0.3, -0.25) is 0 Å². The number of hydrogen-bond acceptors (Lipinski definition) is 1. The van der Waals surface area contributed by atoms with Gasteiger partial charge in [-0.05, 0) is 105 Å². The maximum Gasteiger partial charge on any atom is 0.0541 e. The fourth-order valence-electron chi connectivity index (χ4n) is 7.91. The van der Waals surface area contributed by atoms with Crippen LogP contribution in [0.5, 0.6) is 0 Å². The Balaban J connectivity index is 1.01. The molecule has 0 saturated heterocycles. The smallest absolute Gasteiger partial charge is 0.0541 e. The summed E-state index contributed by atoms with van der Waals surface area (Å²) in [6.45, 7) is 0. The van der Waals surface area contributed by atoms with Gasteiger partial charge in [-0.15, -0.1) is 0 Å². The van der Waals surface area contributed by atoms with Gasteiger partial charge in [-0.2, -0.15) is 0 Å². The van der Waals surface area contributed by atoms with E-state index in [1.165, 1.54) is 83.4 Å². The zero-order chi connectivity index (χ0) is 33.7. The molecule has 1 aliphatic heterocycles. The lowest BCUT2D eigenvalue weighted by atomic mass is 9.92. The molecule has 0 amide bonds. The van der Waals surface area contributed by atoms with E-state index in [4.69, 9.17) is 0 Å². The number of hydrogen-bond donors (Lipinski definition) is 0. The van der Waals surface area contributed by atoms with Crippen LogP contribution in [0.1, 0.15) is 11.1 Å². The van der Waals surface area contributed by atoms with E-state index in [0.717, 1.165) is 12.1 Å². The number of aromatic nitrogens is 1. The van der Waals surface area contributed by atoms with Crippen molar-refractivity contribution in [2.24, 2.45) is 0 Å². The molecule has 2 heterocycles. The van der Waals surface area contributed by atoms with E-state index >= 15 is 0 Å². The standard InChI is InChI=1S/C49H34N2/c1-3-11-34(12-4-1)36-19-25-42(26-20-36)50-46-17-9-7-15-40(46)32-41-31-38(23-29-47(41)50)37-21-27-43(28-22-37)51-48-18-10-8-16-44(48)45-33-39(24-30-49(45)51)35-13-5-2-6-14-35/h1-31,33H,32H2. The lowest BCUT2D eigenvalue weighted by Gasteiger charge is -2.34. The monoisotopic (exact) mass is 650 g/mol. The van der Waals surface area contributed by atoms with Crippen molar-refractivity contribution in [2.45, 2.75) is 6.42 Å². The van der Waals surface area contributed by atoms with Gasteiger partial charge in [0.15, 0.2) is 0 Å². The van der Waals surface area contributed by atoms with Gasteiger partial charge >= 0.3 is 0 Å². The molecule has 1 aliphatic rings. The molecular formula is C49H34N2. The normalized spacial score (nSPS) is 12.2. The van der Waals surface area contributed by atoms with Gasteiger partial charge < -0.3 is 9.47 Å². The van der Waals surface area contributed by atoms with E-state index in [0.29, 0.717) is 0 Å². The van der Waals surface area contributed by atoms with Crippen LogP contribution >= 0.6 is 0 Å². The minimum Gasteiger partial charge on any atom is -0.310 e. The first-order chi connectivity index (χ1) is 25.3. The molecule has 9 aromatic rings. The van der Waals surface area contributed by atoms with Crippen molar-refractivity contribution in [3.63, 3.8) is 0 Å². The van der Waals surface area contributed by atoms with Crippen molar-refractivity contribution in [1.29, 1.82) is 0 Å². The van der Waals surface area contributed by atoms with Crippen molar-refractivity contribution in [2.75, 3.05) is 4.90 Å². The van der Waals surface area contributed by atoms with Crippen LogP contribution < -0.4 is 4.90 Å². The Morgan fingerprint density at radius 1 is 0.314 bits per heavy atom. The molecule has 240 valence electrons. The molecule has 0 saturated carbocycles. The second kappa shape index (κ2) is 12.0. The molecule has 0 N–H and O–H groups in total. The summed E-state index contributed by atoms with van der Waals surface area (Å²) in [5, 5.41) is 2.54. The molecule has 2 heteroatoms. The average molecular weight is 651 g/mol. The largest absolute Gasteiger partial charge is 0.310 e. The van der Waals surface area contributed by atoms with Crippen LogP contribution in [0, 0.1) is 0 Å². The van der Waals surface area contributed by atoms with Crippen molar-refractivity contribution >= 4 is 38.9 Å². The fourth-order valence-corrected chi connectivity index (χ4v) is 7.91. The predicted octanol–water partition coefficient (Wildman–Crippen LogP) is 13.2. The van der Waals surface area contributed by atoms with Crippen molar-refractivity contribution in [3.8, 4) is 39.1 Å². The van der Waals surface area contributed by atoms with Crippen LogP contribution in [-0.4, -0.2) is 4.57 Å². The molecule has 0 bridgehead atoms. The van der Waals surface area contributed by atoms with E-state index in [2.05, 4.69) is 204 Å². The second-order valence-electron chi connectivity index (χ2n) is 13.4. The summed E-state index contributed by atoms with van der Waals surface area (Å²) in [6.07, 6.45) is 0.905. The Morgan fingerprint density at radius 3 is 1.59 bits per heavy atom. The highest BCUT2D eigenvalue weighted by atomic mass is 15.2. The van der Waals surface area contributed by atoms with Crippen LogP contribution in [0.2, 0.25) is 0 Å². The van der Waals surface area contributed by atoms with Crippen LogP contribution in [-0.2, 0) is 6.42 Å². The van der Waals surface area contributed by atoms with Crippen molar-refractivity contribution < 1.29 is 0 Å². The van der Waals surface area contributed by atoms with E-state index < -0.39 is 0 Å². The average Bonchev–Trinajstić information content (AvgIpc) is 3.54. The zero-order valence-corrected chi connectivity index (χ0v) is 28.1. The van der Waals surface area contributed by atoms with Gasteiger partial charge in [0, 0.05) is 39.9 Å². The Bertz CT molecular complexity index is 2690. The highest BCUT2D eigenvalue weighted by Gasteiger charge is 2.24. The number of benzene rings is 8. The van der Waals surface area contributed by atoms with Crippen LogP contribution in [0.3, 0.4) is 0 Å². The maximum absolute atomic E-state index is 2.42. The third kappa shape index (κ3) is 5.04. The van der Waals surface area contributed by atoms with E-state index in [-0.39, 0.29) is 0 Å². The lowest BCUT2D eigenvalue weighted by molar-refractivity contribution is 1.09. The Hall–Kier alpha value is -6.64. The van der Waals surface area contributed by atoms with Gasteiger partial charge in [-0.25, -0.2) is 0 Å². The predicted molar refractivity (Wildman–Crippen MR) is 215 cm³/mol. The van der Waals surface area contributed by atoms with E-state index in [9.17, 15) is 0 Å². The van der Waals surface area contributed by atoms with Gasteiger partial charge in [0.25, 0.3) is 0 Å². The van der Waals surface area contributed by atoms with Crippen molar-refractivity contribution in [1.82, 2.24) is 4.57 Å². The first kappa shape index (κ1) is 29.3. The maximum atomic E-state index is 2.42. The summed E-state index contributed by atoms with van der Waals surface area (Å²) in [4.78, 5) is 2.42. The Kier molecular flexibility index (Phi) is 6.92. The molecule has 0 radical (unpaired) electrons. The summed E-state index contributed by atoms with van der Waals surface area (Å²) in [6, 6.07) is 70.6. The number of anilines is 3. The SMILES string of the molecule is c1ccc(-c2ccc(N3c4ccccc4Cc4cc(-c5ccc(-n6c7ccccc7c7cc(-c8ccccc8)ccc76)cc5)ccc43)cc2)cc1. The number of para-hydroxylation sites is 2. The highest BCUT2D eigenvalue weighted by Crippen LogP contribution is 2.45. The van der Waals surface area contributed by atoms with Gasteiger partial charge in [0.2, 0.25) is 0 Å². The summed E-state index contributed by atoms with van der Waals surface area (Å²) in [7, 11) is 0. The molecule has 0 unspecified atom stereocenters. The molecular weight excluding hydrogens is 617 g/mol. The molecule has 51 heavy (non-hydrogen) atoms. The number of fused-ring (bicyclic) bond motifs is 5. The minimum absolute atomic E-state index is 0.905. The topological polar surface area (TPSA) is 8.17 Å². The molecule has 0 atom stereocenters. The fraction of sp³-hybridized carbons (Fsp3) is 0.0204. The molecule has 0 aliphatic carbocycles. The van der Waals surface area contributed by atoms with E-state index in [1.807, 2.05) is 0 Å². The number of rotatable bonds is 5. The summed E-state index contributed by atoms with van der Waals surface area (Å²) in [5.41, 5.74) is 17.3. The summed E-state index contributed by atoms with van der Waals surface area (Å²) >= 11 is 0. The van der Waals surface area contributed by atoms with Crippen LogP contribution in [0.25, 0.3) is 60.9 Å². The van der Waals surface area contributed by atoms with Gasteiger partial charge in [0.1, 0.15) is 0 Å². The van der Waals surface area contributed by atoms with Crippen LogP contribution in [0.4, 0.5) is 17.1 Å². The minimum atomic E-state index is 0.905. The Morgan fingerprint density at radius 2 is 0.824 bits per heavy atom. The third-order valence-electron chi connectivity index (χ3n) is 10.4. The Labute approximate surface area is 298 Å². The first-order valence-corrected chi connectivity index (χ1v) is 17.6. The molecule has 8 aromatic carbocycles. The highest BCUT2D eigenvalue weighted by molar-refractivity contribution is 6.10. The van der Waals surface area contributed by atoms with Gasteiger partial charge in [0.05, 0.1) is 11.0 Å². The third-order valence-corrected chi connectivity index (χ3v) is 10.4. The molecule has 10 rings (SSSR count). The van der Waals surface area contributed by atoms with Crippen molar-refractivity contribution in [3.05, 3.63) is 205 Å². The first-order valence-electron chi connectivity index (χ1n) is 17.6. The molecule has 2 nitrogen and oxygen atoms in total. The summed E-state index contributed by atoms with van der Waals surface area (Å²) in [5.74, 6) is 0. The quantitative estimate of drug-likeness (QED) is 0.180. The second-order valence-corrected chi connectivity index (χ2v) is 13.4. The zero-order valence-electron chi connectivity index (χ0n) is 28.1. The lowest BCUT2D eigenvalue weighted by Crippen LogP contribution is -2.18. The van der Waals surface area contributed by atoms with Crippen LogP contribution in [0.15, 0.2) is 194 Å². The summed E-state index contributed by atoms with van der Waals surface area (Å²) < 4.78 is 2.40. The van der Waals surface area contributed by atoms with Gasteiger partial charge in [-0.1, -0.05) is 133 Å². The molecule has 0 fully saturated rings. The number of nitrogens with zero attached hydrogens (tertiary/aromatic N) is 2. The molecule has 0 spiro atoms. The van der Waals surface area contributed by atoms with E-state index in [1.54, 1.807) is 0 Å². The molecule has 1 aromatic heterocycles.